The molecule has 0 bridgehead atoms. The highest BCUT2D eigenvalue weighted by Gasteiger charge is 2.54. The third-order valence-electron chi connectivity index (χ3n) is 7.33. The van der Waals surface area contributed by atoms with Gasteiger partial charge in [0.05, 0.1) is 16.6 Å². The van der Waals surface area contributed by atoms with Gasteiger partial charge in [-0.2, -0.15) is 0 Å². The quantitative estimate of drug-likeness (QED) is 0.281. The molecule has 2 atom stereocenters. The van der Waals surface area contributed by atoms with Gasteiger partial charge >= 0.3 is 12.1 Å². The topological polar surface area (TPSA) is 140 Å². The second-order valence-corrected chi connectivity index (χ2v) is 15.1. The van der Waals surface area contributed by atoms with Crippen LogP contribution in [-0.4, -0.2) is 46.9 Å². The molecule has 0 aromatic heterocycles. The first-order valence-electron chi connectivity index (χ1n) is 14.8. The van der Waals surface area contributed by atoms with E-state index in [2.05, 4.69) is 21.2 Å². The fraction of sp³-hybridized carbons (Fsp3) is 0.485. The second-order valence-electron chi connectivity index (χ2n) is 13.8. The highest BCUT2D eigenvalue weighted by Crippen LogP contribution is 2.45. The molecular formula is C33H40BrClN4O6. The van der Waals surface area contributed by atoms with Crippen molar-refractivity contribution < 1.29 is 28.7 Å². The number of hydrogen-bond donors (Lipinski definition) is 2. The van der Waals surface area contributed by atoms with Gasteiger partial charge in [0.15, 0.2) is 5.54 Å². The maximum Gasteiger partial charge on any atom is 0.414 e. The first kappa shape index (κ1) is 34.4. The normalized spacial score (nSPS) is 19.2. The number of benzene rings is 2. The minimum absolute atomic E-state index is 0.0302. The summed E-state index contributed by atoms with van der Waals surface area (Å²) in [5.41, 5.74) is 3.96. The zero-order chi connectivity index (χ0) is 33.3. The molecule has 3 amide bonds. The largest absolute Gasteiger partial charge is 0.463 e. The SMILES string of the molecule is CC(C)(C)C[C@]1(c2ccc(Br)cc2)N=C(NC(=O)OC(C)(C)C)N([C@H](COC(=O)CC2CC2)c2ccc(Cl)c(C(N)=O)c2)C1=O. The van der Waals surface area contributed by atoms with Crippen molar-refractivity contribution in [2.75, 3.05) is 6.61 Å². The van der Waals surface area contributed by atoms with Crippen molar-refractivity contribution in [3.8, 4) is 0 Å². The van der Waals surface area contributed by atoms with E-state index in [1.54, 1.807) is 26.8 Å². The van der Waals surface area contributed by atoms with E-state index in [4.69, 9.17) is 31.8 Å². The van der Waals surface area contributed by atoms with Gasteiger partial charge in [-0.1, -0.05) is 66.5 Å². The maximum absolute atomic E-state index is 14.9. The molecule has 1 aliphatic carbocycles. The summed E-state index contributed by atoms with van der Waals surface area (Å²) in [7, 11) is 0. The van der Waals surface area contributed by atoms with Crippen LogP contribution in [-0.2, 0) is 24.6 Å². The molecule has 0 radical (unpaired) electrons. The maximum atomic E-state index is 14.9. The van der Waals surface area contributed by atoms with E-state index in [-0.39, 0.29) is 41.9 Å². The Labute approximate surface area is 277 Å². The molecule has 2 aromatic rings. The lowest BCUT2D eigenvalue weighted by molar-refractivity contribution is -0.148. The molecule has 3 N–H and O–H groups in total. The summed E-state index contributed by atoms with van der Waals surface area (Å²) in [6.07, 6.45) is 1.64. The van der Waals surface area contributed by atoms with Gasteiger partial charge in [-0.05, 0) is 86.8 Å². The minimum Gasteiger partial charge on any atom is -0.463 e. The van der Waals surface area contributed by atoms with Crippen LogP contribution in [0.25, 0.3) is 0 Å². The van der Waals surface area contributed by atoms with Crippen LogP contribution in [0.1, 0.15) is 94.8 Å². The summed E-state index contributed by atoms with van der Waals surface area (Å²) >= 11 is 9.74. The number of primary amides is 1. The molecule has 45 heavy (non-hydrogen) atoms. The van der Waals surface area contributed by atoms with E-state index in [0.717, 1.165) is 17.3 Å². The number of aliphatic imine (C=N–C) groups is 1. The Morgan fingerprint density at radius 2 is 1.76 bits per heavy atom. The lowest BCUT2D eigenvalue weighted by Gasteiger charge is -2.35. The number of amides is 3. The smallest absolute Gasteiger partial charge is 0.414 e. The Kier molecular flexibility index (Phi) is 10.0. The highest BCUT2D eigenvalue weighted by atomic mass is 79.9. The third kappa shape index (κ3) is 8.64. The van der Waals surface area contributed by atoms with Gasteiger partial charge in [-0.25, -0.2) is 9.79 Å². The molecule has 242 valence electrons. The fourth-order valence-corrected chi connectivity index (χ4v) is 5.77. The van der Waals surface area contributed by atoms with E-state index in [0.29, 0.717) is 11.1 Å². The molecule has 0 unspecified atom stereocenters. The number of nitrogens with zero attached hydrogens (tertiary/aromatic N) is 2. The predicted octanol–water partition coefficient (Wildman–Crippen LogP) is 6.64. The number of carbonyl (C=O) groups excluding carboxylic acids is 4. The van der Waals surface area contributed by atoms with Gasteiger partial charge in [0.1, 0.15) is 12.2 Å². The van der Waals surface area contributed by atoms with E-state index >= 15 is 0 Å². The Morgan fingerprint density at radius 3 is 2.31 bits per heavy atom. The molecule has 10 nitrogen and oxygen atoms in total. The summed E-state index contributed by atoms with van der Waals surface area (Å²) in [6, 6.07) is 10.8. The van der Waals surface area contributed by atoms with Crippen molar-refractivity contribution in [2.24, 2.45) is 22.1 Å². The van der Waals surface area contributed by atoms with Crippen molar-refractivity contribution in [2.45, 2.75) is 84.4 Å². The van der Waals surface area contributed by atoms with Crippen molar-refractivity contribution in [1.82, 2.24) is 10.2 Å². The highest BCUT2D eigenvalue weighted by molar-refractivity contribution is 9.10. The van der Waals surface area contributed by atoms with Crippen LogP contribution in [0.4, 0.5) is 4.79 Å². The summed E-state index contributed by atoms with van der Waals surface area (Å²) < 4.78 is 12.1. The summed E-state index contributed by atoms with van der Waals surface area (Å²) in [4.78, 5) is 59.4. The number of guanidine groups is 1. The molecule has 1 heterocycles. The fourth-order valence-electron chi connectivity index (χ4n) is 5.30. The second kappa shape index (κ2) is 13.1. The molecule has 1 fully saturated rings. The number of carbonyl (C=O) groups is 4. The van der Waals surface area contributed by atoms with Crippen LogP contribution in [0.3, 0.4) is 0 Å². The van der Waals surface area contributed by atoms with Crippen LogP contribution in [0.5, 0.6) is 0 Å². The lowest BCUT2D eigenvalue weighted by atomic mass is 9.75. The predicted molar refractivity (Wildman–Crippen MR) is 175 cm³/mol. The van der Waals surface area contributed by atoms with Gasteiger partial charge < -0.3 is 15.2 Å². The van der Waals surface area contributed by atoms with Crippen molar-refractivity contribution >= 4 is 57.4 Å². The lowest BCUT2D eigenvalue weighted by Crippen LogP contribution is -2.50. The minimum atomic E-state index is -1.46. The molecule has 4 rings (SSSR count). The number of alkyl carbamates (subject to hydrolysis) is 1. The average molecular weight is 704 g/mol. The first-order valence-corrected chi connectivity index (χ1v) is 16.0. The van der Waals surface area contributed by atoms with E-state index < -0.39 is 46.5 Å². The number of nitrogens with one attached hydrogen (secondary N) is 1. The molecule has 2 aromatic carbocycles. The summed E-state index contributed by atoms with van der Waals surface area (Å²) in [6.45, 7) is 10.9. The van der Waals surface area contributed by atoms with Gasteiger partial charge in [0.2, 0.25) is 11.9 Å². The molecule has 1 saturated carbocycles. The van der Waals surface area contributed by atoms with Crippen molar-refractivity contribution in [3.63, 3.8) is 0 Å². The third-order valence-corrected chi connectivity index (χ3v) is 8.18. The van der Waals surface area contributed by atoms with Crippen LogP contribution in [0.15, 0.2) is 51.9 Å². The summed E-state index contributed by atoms with van der Waals surface area (Å²) in [5, 5.41) is 2.82. The zero-order valence-electron chi connectivity index (χ0n) is 26.4. The molecular weight excluding hydrogens is 664 g/mol. The van der Waals surface area contributed by atoms with Crippen LogP contribution < -0.4 is 11.1 Å². The Hall–Kier alpha value is -3.44. The van der Waals surface area contributed by atoms with Crippen molar-refractivity contribution in [1.29, 1.82) is 0 Å². The Morgan fingerprint density at radius 1 is 1.11 bits per heavy atom. The van der Waals surface area contributed by atoms with Gasteiger partial charge in [-0.15, -0.1) is 0 Å². The van der Waals surface area contributed by atoms with E-state index in [1.807, 2.05) is 45.0 Å². The molecule has 12 heteroatoms. The molecule has 0 saturated heterocycles. The standard InChI is InChI=1S/C33H40BrClN4O6/c1-31(2,3)18-33(21-10-12-22(34)13-11-21)28(42)39(29(38-33)37-30(43)45-32(4,5)6)25(17-44-26(40)15-19-7-8-19)20-9-14-24(35)23(16-20)27(36)41/h9-14,16,19,25H,7-8,15,17-18H2,1-6H3,(H2,36,41)(H,37,38,43)/t25-,33-/m1/s1. The number of nitrogens with two attached hydrogens (primary N) is 1. The van der Waals surface area contributed by atoms with E-state index in [9.17, 15) is 19.2 Å². The number of ether oxygens (including phenoxy) is 2. The van der Waals surface area contributed by atoms with Crippen LogP contribution in [0.2, 0.25) is 5.02 Å². The van der Waals surface area contributed by atoms with E-state index in [1.165, 1.54) is 17.0 Å². The van der Waals surface area contributed by atoms with Gasteiger partial charge in [-0.3, -0.25) is 24.6 Å². The van der Waals surface area contributed by atoms with Crippen LogP contribution >= 0.6 is 27.5 Å². The Bertz CT molecular complexity index is 1510. The Balaban J connectivity index is 1.88. The number of rotatable bonds is 9. The first-order chi connectivity index (χ1) is 20.9. The number of hydrogen-bond acceptors (Lipinski definition) is 7. The molecule has 2 aliphatic rings. The molecule has 0 spiro atoms. The average Bonchev–Trinajstić information content (AvgIpc) is 3.68. The summed E-state index contributed by atoms with van der Waals surface area (Å²) in [5.74, 6) is -1.43. The zero-order valence-corrected chi connectivity index (χ0v) is 28.8. The number of halogens is 2. The van der Waals surface area contributed by atoms with Crippen LogP contribution in [0, 0.1) is 11.3 Å². The molecule has 1 aliphatic heterocycles. The number of esters is 1. The van der Waals surface area contributed by atoms with Gasteiger partial charge in [0, 0.05) is 10.9 Å². The monoisotopic (exact) mass is 702 g/mol. The van der Waals surface area contributed by atoms with Crippen molar-refractivity contribution in [3.05, 3.63) is 68.7 Å². The van der Waals surface area contributed by atoms with Gasteiger partial charge in [0.25, 0.3) is 5.91 Å².